The van der Waals surface area contributed by atoms with Gasteiger partial charge in [0.15, 0.2) is 0 Å². The molecule has 0 spiro atoms. The molecule has 0 saturated heterocycles. The average molecular weight is 235 g/mol. The summed E-state index contributed by atoms with van der Waals surface area (Å²) in [6.07, 6.45) is 1.68. The summed E-state index contributed by atoms with van der Waals surface area (Å²) >= 11 is 3.99. The maximum Gasteiger partial charge on any atom is 0.316 e. The Bertz CT molecular complexity index is 507. The standard InChI is InChI=1S/C9H9N5OS/c10-9(15)11-7-3-1-6(2-4-7)8-5-14(16)13-12-8/h1-5,16H,(H3,10,11,15). The first-order valence-corrected chi connectivity index (χ1v) is 4.83. The Kier molecular flexibility index (Phi) is 2.78. The SMILES string of the molecule is NC(=O)Nc1ccc(-c2cn(S)nn2)cc1. The highest BCUT2D eigenvalue weighted by atomic mass is 32.1. The maximum atomic E-state index is 10.6. The zero-order chi connectivity index (χ0) is 11.5. The van der Waals surface area contributed by atoms with E-state index in [4.69, 9.17) is 5.73 Å². The van der Waals surface area contributed by atoms with Crippen molar-refractivity contribution in [3.05, 3.63) is 30.5 Å². The Morgan fingerprint density at radius 3 is 2.56 bits per heavy atom. The van der Waals surface area contributed by atoms with Crippen LogP contribution in [0, 0.1) is 0 Å². The number of nitrogens with two attached hydrogens (primary N) is 1. The quantitative estimate of drug-likeness (QED) is 0.682. The van der Waals surface area contributed by atoms with Gasteiger partial charge in [-0.15, -0.1) is 5.10 Å². The topological polar surface area (TPSA) is 85.8 Å². The number of hydrogen-bond acceptors (Lipinski definition) is 4. The summed E-state index contributed by atoms with van der Waals surface area (Å²) in [7, 11) is 0. The molecular weight excluding hydrogens is 226 g/mol. The van der Waals surface area contributed by atoms with Crippen molar-refractivity contribution in [3.8, 4) is 11.3 Å². The molecule has 3 N–H and O–H groups in total. The van der Waals surface area contributed by atoms with E-state index in [2.05, 4.69) is 28.4 Å². The number of anilines is 1. The number of thiol groups is 1. The number of amides is 2. The van der Waals surface area contributed by atoms with E-state index < -0.39 is 6.03 Å². The first-order valence-electron chi connectivity index (χ1n) is 4.43. The summed E-state index contributed by atoms with van der Waals surface area (Å²) in [6, 6.07) is 6.50. The summed E-state index contributed by atoms with van der Waals surface area (Å²) in [6.45, 7) is 0. The van der Waals surface area contributed by atoms with Crippen LogP contribution in [0.25, 0.3) is 11.3 Å². The molecule has 0 radical (unpaired) electrons. The lowest BCUT2D eigenvalue weighted by Crippen LogP contribution is -2.19. The Morgan fingerprint density at radius 1 is 1.38 bits per heavy atom. The van der Waals surface area contributed by atoms with E-state index in [1.54, 1.807) is 18.3 Å². The predicted octanol–water partition coefficient (Wildman–Crippen LogP) is 1.13. The van der Waals surface area contributed by atoms with Crippen LogP contribution in [-0.2, 0) is 0 Å². The molecule has 0 aliphatic carbocycles. The highest BCUT2D eigenvalue weighted by molar-refractivity contribution is 7.78. The van der Waals surface area contributed by atoms with Gasteiger partial charge >= 0.3 is 6.03 Å². The highest BCUT2D eigenvalue weighted by Crippen LogP contribution is 2.18. The first kappa shape index (κ1) is 10.5. The van der Waals surface area contributed by atoms with Gasteiger partial charge in [0.2, 0.25) is 0 Å². The van der Waals surface area contributed by atoms with Gasteiger partial charge in [0.1, 0.15) is 5.69 Å². The van der Waals surface area contributed by atoms with Crippen molar-refractivity contribution >= 4 is 24.5 Å². The van der Waals surface area contributed by atoms with Gasteiger partial charge in [-0.25, -0.2) is 4.79 Å². The summed E-state index contributed by atoms with van der Waals surface area (Å²) in [5, 5.41) is 10.1. The predicted molar refractivity (Wildman–Crippen MR) is 63.0 cm³/mol. The Morgan fingerprint density at radius 2 is 2.06 bits per heavy atom. The van der Waals surface area contributed by atoms with E-state index in [1.807, 2.05) is 12.1 Å². The van der Waals surface area contributed by atoms with Gasteiger partial charge in [0, 0.05) is 11.3 Å². The fraction of sp³-hybridized carbons (Fsp3) is 0. The van der Waals surface area contributed by atoms with Crippen LogP contribution >= 0.6 is 12.8 Å². The lowest BCUT2D eigenvalue weighted by atomic mass is 10.1. The van der Waals surface area contributed by atoms with Gasteiger partial charge in [-0.05, 0) is 24.9 Å². The number of urea groups is 1. The Labute approximate surface area is 97.0 Å². The second-order valence-corrected chi connectivity index (χ2v) is 3.50. The molecule has 82 valence electrons. The van der Waals surface area contributed by atoms with Crippen LogP contribution in [0.5, 0.6) is 0 Å². The molecule has 0 aliphatic heterocycles. The molecule has 1 aromatic heterocycles. The Hall–Kier alpha value is -2.02. The molecule has 7 heteroatoms. The minimum Gasteiger partial charge on any atom is -0.351 e. The Balaban J connectivity index is 2.22. The van der Waals surface area contributed by atoms with Gasteiger partial charge in [-0.3, -0.25) is 0 Å². The number of carbonyl (C=O) groups is 1. The molecule has 0 unspecified atom stereocenters. The van der Waals surface area contributed by atoms with Crippen molar-refractivity contribution in [2.75, 3.05) is 5.32 Å². The molecule has 2 aromatic rings. The third kappa shape index (κ3) is 2.31. The van der Waals surface area contributed by atoms with Crippen LogP contribution in [-0.4, -0.2) is 20.4 Å². The summed E-state index contributed by atoms with van der Waals surface area (Å²) in [5.41, 5.74) is 7.22. The van der Waals surface area contributed by atoms with E-state index in [9.17, 15) is 4.79 Å². The normalized spacial score (nSPS) is 10.1. The lowest BCUT2D eigenvalue weighted by Gasteiger charge is -2.01. The second kappa shape index (κ2) is 4.23. The van der Waals surface area contributed by atoms with Crippen LogP contribution in [0.15, 0.2) is 30.5 Å². The van der Waals surface area contributed by atoms with E-state index in [1.165, 1.54) is 4.09 Å². The van der Waals surface area contributed by atoms with Gasteiger partial charge < -0.3 is 11.1 Å². The smallest absolute Gasteiger partial charge is 0.316 e. The van der Waals surface area contributed by atoms with Crippen LogP contribution in [0.4, 0.5) is 10.5 Å². The van der Waals surface area contributed by atoms with Crippen molar-refractivity contribution in [1.29, 1.82) is 0 Å². The van der Waals surface area contributed by atoms with Crippen molar-refractivity contribution in [3.63, 3.8) is 0 Å². The third-order valence-electron chi connectivity index (χ3n) is 1.93. The third-order valence-corrected chi connectivity index (χ3v) is 2.13. The van der Waals surface area contributed by atoms with Crippen molar-refractivity contribution in [2.24, 2.45) is 5.73 Å². The van der Waals surface area contributed by atoms with Crippen molar-refractivity contribution < 1.29 is 4.79 Å². The number of rotatable bonds is 2. The van der Waals surface area contributed by atoms with Crippen LogP contribution in [0.2, 0.25) is 0 Å². The molecule has 0 saturated carbocycles. The van der Waals surface area contributed by atoms with E-state index in [0.717, 1.165) is 5.56 Å². The van der Waals surface area contributed by atoms with Gasteiger partial charge in [-0.2, -0.15) is 4.09 Å². The van der Waals surface area contributed by atoms with Crippen LogP contribution in [0.3, 0.4) is 0 Å². The molecule has 0 bridgehead atoms. The van der Waals surface area contributed by atoms with Crippen LogP contribution < -0.4 is 11.1 Å². The molecule has 0 aliphatic rings. The zero-order valence-corrected chi connectivity index (χ0v) is 9.06. The molecule has 0 atom stereocenters. The molecule has 2 rings (SSSR count). The fourth-order valence-electron chi connectivity index (χ4n) is 1.25. The maximum absolute atomic E-state index is 10.6. The lowest BCUT2D eigenvalue weighted by molar-refractivity contribution is 0.259. The highest BCUT2D eigenvalue weighted by Gasteiger charge is 2.02. The molecule has 0 fully saturated rings. The number of primary amides is 1. The van der Waals surface area contributed by atoms with Crippen molar-refractivity contribution in [2.45, 2.75) is 0 Å². The van der Waals surface area contributed by atoms with E-state index >= 15 is 0 Å². The minimum atomic E-state index is -0.589. The number of benzene rings is 1. The summed E-state index contributed by atoms with van der Waals surface area (Å²) < 4.78 is 1.32. The first-order chi connectivity index (χ1) is 7.65. The summed E-state index contributed by atoms with van der Waals surface area (Å²) in [5.74, 6) is 0. The molecular formula is C9H9N5OS. The number of hydrogen-bond donors (Lipinski definition) is 3. The second-order valence-electron chi connectivity index (χ2n) is 3.09. The zero-order valence-electron chi connectivity index (χ0n) is 8.16. The molecule has 1 heterocycles. The largest absolute Gasteiger partial charge is 0.351 e. The van der Waals surface area contributed by atoms with E-state index in [0.29, 0.717) is 11.4 Å². The molecule has 1 aromatic carbocycles. The van der Waals surface area contributed by atoms with Gasteiger partial charge in [-0.1, -0.05) is 17.3 Å². The molecule has 2 amide bonds. The number of nitrogens with one attached hydrogen (secondary N) is 1. The van der Waals surface area contributed by atoms with Gasteiger partial charge in [0.05, 0.1) is 6.20 Å². The monoisotopic (exact) mass is 235 g/mol. The van der Waals surface area contributed by atoms with Gasteiger partial charge in [0.25, 0.3) is 0 Å². The summed E-state index contributed by atoms with van der Waals surface area (Å²) in [4.78, 5) is 10.6. The fourth-order valence-corrected chi connectivity index (χ4v) is 1.40. The molecule has 6 nitrogen and oxygen atoms in total. The van der Waals surface area contributed by atoms with E-state index in [-0.39, 0.29) is 0 Å². The average Bonchev–Trinajstić information content (AvgIpc) is 2.65. The van der Waals surface area contributed by atoms with Crippen molar-refractivity contribution in [1.82, 2.24) is 14.4 Å². The number of nitrogens with zero attached hydrogens (tertiary/aromatic N) is 3. The number of aromatic nitrogens is 3. The van der Waals surface area contributed by atoms with Crippen LogP contribution in [0.1, 0.15) is 0 Å². The molecule has 16 heavy (non-hydrogen) atoms. The minimum absolute atomic E-state index is 0.589. The number of carbonyl (C=O) groups excluding carboxylic acids is 1.